The smallest absolute Gasteiger partial charge is 0.160 e. The molecule has 2 aromatic rings. The van der Waals surface area contributed by atoms with Gasteiger partial charge in [-0.3, -0.25) is 4.90 Å². The van der Waals surface area contributed by atoms with Crippen LogP contribution in [0.15, 0.2) is 12.3 Å². The number of hydrogen-bond acceptors (Lipinski definition) is 3. The quantitative estimate of drug-likeness (QED) is 0.790. The molecule has 2 aromatic heterocycles. The van der Waals surface area contributed by atoms with Gasteiger partial charge in [0.2, 0.25) is 0 Å². The van der Waals surface area contributed by atoms with E-state index in [1.807, 2.05) is 6.07 Å². The Morgan fingerprint density at radius 1 is 1.33 bits per heavy atom. The molecule has 0 aliphatic carbocycles. The second kappa shape index (κ2) is 6.51. The lowest BCUT2D eigenvalue weighted by molar-refractivity contribution is 0.235. The first-order valence-electron chi connectivity index (χ1n) is 7.49. The van der Waals surface area contributed by atoms with Crippen molar-refractivity contribution in [3.05, 3.63) is 23.1 Å². The summed E-state index contributed by atoms with van der Waals surface area (Å²) in [4.78, 5) is 11.7. The number of halogens is 2. The molecule has 21 heavy (non-hydrogen) atoms. The molecule has 1 unspecified atom stereocenters. The number of rotatable bonds is 5. The number of nitrogens with zero attached hydrogens (tertiary/aromatic N) is 4. The average molecular weight is 327 g/mol. The SMILES string of the molecule is CC(Cn1c(CCCl)nc2cc(Cl)cnc21)N1CCCC1. The number of alkyl halides is 1. The van der Waals surface area contributed by atoms with Gasteiger partial charge in [0, 0.05) is 31.1 Å². The number of aryl methyl sites for hydroxylation is 1. The molecule has 0 radical (unpaired) electrons. The Kier molecular flexibility index (Phi) is 4.67. The first kappa shape index (κ1) is 15.1. The molecule has 0 bridgehead atoms. The first-order chi connectivity index (χ1) is 10.2. The maximum atomic E-state index is 6.02. The van der Waals surface area contributed by atoms with Crippen molar-refractivity contribution in [3.63, 3.8) is 0 Å². The van der Waals surface area contributed by atoms with E-state index in [0.29, 0.717) is 16.9 Å². The third-order valence-electron chi connectivity index (χ3n) is 4.16. The van der Waals surface area contributed by atoms with Gasteiger partial charge < -0.3 is 4.57 Å². The molecule has 0 spiro atoms. The van der Waals surface area contributed by atoms with Crippen LogP contribution >= 0.6 is 23.2 Å². The maximum Gasteiger partial charge on any atom is 0.160 e. The minimum atomic E-state index is 0.483. The fraction of sp³-hybridized carbons (Fsp3) is 0.600. The van der Waals surface area contributed by atoms with Crippen LogP contribution in [0.5, 0.6) is 0 Å². The summed E-state index contributed by atoms with van der Waals surface area (Å²) < 4.78 is 2.21. The van der Waals surface area contributed by atoms with E-state index in [0.717, 1.165) is 30.0 Å². The predicted molar refractivity (Wildman–Crippen MR) is 87.2 cm³/mol. The Bertz CT molecular complexity index is 619. The van der Waals surface area contributed by atoms with E-state index in [1.54, 1.807) is 6.20 Å². The maximum absolute atomic E-state index is 6.02. The van der Waals surface area contributed by atoms with Crippen molar-refractivity contribution < 1.29 is 0 Å². The van der Waals surface area contributed by atoms with Crippen LogP contribution in [-0.2, 0) is 13.0 Å². The van der Waals surface area contributed by atoms with E-state index in [2.05, 4.69) is 26.4 Å². The molecular formula is C15H20Cl2N4. The summed E-state index contributed by atoms with van der Waals surface area (Å²) >= 11 is 11.9. The summed E-state index contributed by atoms with van der Waals surface area (Å²) in [6.45, 7) is 5.56. The molecule has 3 heterocycles. The molecular weight excluding hydrogens is 307 g/mol. The summed E-state index contributed by atoms with van der Waals surface area (Å²) in [5, 5.41) is 0.622. The van der Waals surface area contributed by atoms with E-state index in [1.165, 1.54) is 25.9 Å². The number of imidazole rings is 1. The normalized spacial score (nSPS) is 17.7. The van der Waals surface area contributed by atoms with Crippen molar-refractivity contribution >= 4 is 34.4 Å². The summed E-state index contributed by atoms with van der Waals surface area (Å²) in [5.41, 5.74) is 1.77. The monoisotopic (exact) mass is 326 g/mol. The third-order valence-corrected chi connectivity index (χ3v) is 4.56. The number of aromatic nitrogens is 3. The van der Waals surface area contributed by atoms with Gasteiger partial charge in [-0.05, 0) is 38.9 Å². The van der Waals surface area contributed by atoms with Gasteiger partial charge in [0.1, 0.15) is 11.3 Å². The summed E-state index contributed by atoms with van der Waals surface area (Å²) in [5.74, 6) is 1.57. The van der Waals surface area contributed by atoms with E-state index in [-0.39, 0.29) is 0 Å². The van der Waals surface area contributed by atoms with Gasteiger partial charge in [0.05, 0.1) is 5.02 Å². The van der Waals surface area contributed by atoms with Gasteiger partial charge in [-0.25, -0.2) is 9.97 Å². The molecule has 3 rings (SSSR count). The minimum Gasteiger partial charge on any atom is -0.311 e. The van der Waals surface area contributed by atoms with Gasteiger partial charge in [0.15, 0.2) is 5.65 Å². The number of hydrogen-bond donors (Lipinski definition) is 0. The van der Waals surface area contributed by atoms with Crippen molar-refractivity contribution in [2.24, 2.45) is 0 Å². The van der Waals surface area contributed by atoms with Crippen LogP contribution in [0.3, 0.4) is 0 Å². The van der Waals surface area contributed by atoms with Crippen molar-refractivity contribution in [2.45, 2.75) is 38.8 Å². The van der Waals surface area contributed by atoms with Crippen molar-refractivity contribution in [3.8, 4) is 0 Å². The molecule has 1 aliphatic heterocycles. The highest BCUT2D eigenvalue weighted by Crippen LogP contribution is 2.21. The molecule has 0 aromatic carbocycles. The molecule has 1 atom stereocenters. The summed E-state index contributed by atoms with van der Waals surface area (Å²) in [6.07, 6.45) is 5.05. The molecule has 1 aliphatic rings. The Labute approximate surface area is 135 Å². The van der Waals surface area contributed by atoms with E-state index < -0.39 is 0 Å². The Balaban J connectivity index is 1.92. The topological polar surface area (TPSA) is 34.0 Å². The predicted octanol–water partition coefficient (Wildman–Crippen LogP) is 3.35. The Morgan fingerprint density at radius 2 is 2.10 bits per heavy atom. The van der Waals surface area contributed by atoms with Gasteiger partial charge in [-0.1, -0.05) is 11.6 Å². The van der Waals surface area contributed by atoms with Crippen molar-refractivity contribution in [1.82, 2.24) is 19.4 Å². The van der Waals surface area contributed by atoms with Crippen molar-refractivity contribution in [1.29, 1.82) is 0 Å². The fourth-order valence-corrected chi connectivity index (χ4v) is 3.38. The lowest BCUT2D eigenvalue weighted by atomic mass is 10.3. The molecule has 0 saturated carbocycles. The van der Waals surface area contributed by atoms with Crippen LogP contribution in [0.4, 0.5) is 0 Å². The van der Waals surface area contributed by atoms with E-state index >= 15 is 0 Å². The highest BCUT2D eigenvalue weighted by atomic mass is 35.5. The van der Waals surface area contributed by atoms with Gasteiger partial charge in [0.25, 0.3) is 0 Å². The molecule has 114 valence electrons. The van der Waals surface area contributed by atoms with E-state index in [9.17, 15) is 0 Å². The van der Waals surface area contributed by atoms with Crippen LogP contribution in [0.2, 0.25) is 5.02 Å². The zero-order valence-corrected chi connectivity index (χ0v) is 13.7. The second-order valence-electron chi connectivity index (χ2n) is 5.67. The third kappa shape index (κ3) is 3.17. The lowest BCUT2D eigenvalue weighted by Crippen LogP contribution is -2.34. The number of fused-ring (bicyclic) bond motifs is 1. The number of likely N-dealkylation sites (tertiary alicyclic amines) is 1. The molecule has 6 heteroatoms. The zero-order valence-electron chi connectivity index (χ0n) is 12.2. The van der Waals surface area contributed by atoms with Gasteiger partial charge in [-0.15, -0.1) is 11.6 Å². The van der Waals surface area contributed by atoms with Crippen LogP contribution in [0.1, 0.15) is 25.6 Å². The van der Waals surface area contributed by atoms with Crippen LogP contribution in [0, 0.1) is 0 Å². The summed E-state index contributed by atoms with van der Waals surface area (Å²) in [6, 6.07) is 2.36. The Hall–Kier alpha value is -0.840. The largest absolute Gasteiger partial charge is 0.311 e. The van der Waals surface area contributed by atoms with Crippen LogP contribution in [0.25, 0.3) is 11.2 Å². The fourth-order valence-electron chi connectivity index (χ4n) is 3.06. The van der Waals surface area contributed by atoms with Gasteiger partial charge in [-0.2, -0.15) is 0 Å². The molecule has 0 amide bonds. The molecule has 1 saturated heterocycles. The standard InChI is InChI=1S/C15H20Cl2N4/c1-11(20-6-2-3-7-20)10-21-14(4-5-16)19-13-8-12(17)9-18-15(13)21/h8-9,11H,2-7,10H2,1H3. The molecule has 4 nitrogen and oxygen atoms in total. The first-order valence-corrected chi connectivity index (χ1v) is 8.41. The molecule has 1 fully saturated rings. The average Bonchev–Trinajstić information content (AvgIpc) is 3.08. The highest BCUT2D eigenvalue weighted by Gasteiger charge is 2.21. The van der Waals surface area contributed by atoms with Crippen molar-refractivity contribution in [2.75, 3.05) is 19.0 Å². The van der Waals surface area contributed by atoms with E-state index in [4.69, 9.17) is 23.2 Å². The lowest BCUT2D eigenvalue weighted by Gasteiger charge is -2.24. The molecule has 0 N–H and O–H groups in total. The number of pyridine rings is 1. The highest BCUT2D eigenvalue weighted by molar-refractivity contribution is 6.31. The zero-order chi connectivity index (χ0) is 14.8. The van der Waals surface area contributed by atoms with Crippen LogP contribution in [-0.4, -0.2) is 44.4 Å². The minimum absolute atomic E-state index is 0.483. The Morgan fingerprint density at radius 3 is 2.81 bits per heavy atom. The summed E-state index contributed by atoms with van der Waals surface area (Å²) in [7, 11) is 0. The van der Waals surface area contributed by atoms with Gasteiger partial charge >= 0.3 is 0 Å². The second-order valence-corrected chi connectivity index (χ2v) is 6.48. The van der Waals surface area contributed by atoms with Crippen LogP contribution < -0.4 is 0 Å².